The quantitative estimate of drug-likeness (QED) is 0.646. The van der Waals surface area contributed by atoms with Gasteiger partial charge in [0.25, 0.3) is 0 Å². The monoisotopic (exact) mass is 379 g/mol. The predicted octanol–water partition coefficient (Wildman–Crippen LogP) is 2.68. The van der Waals surface area contributed by atoms with Crippen molar-refractivity contribution in [2.45, 2.75) is 19.5 Å². The number of hydrogen-bond acceptors (Lipinski definition) is 3. The van der Waals surface area contributed by atoms with Crippen molar-refractivity contribution in [2.24, 2.45) is 0 Å². The van der Waals surface area contributed by atoms with Gasteiger partial charge in [0.15, 0.2) is 5.75 Å². The number of nitrogens with zero attached hydrogens (tertiary/aromatic N) is 1. The molecule has 0 aromatic carbocycles. The van der Waals surface area contributed by atoms with E-state index in [-0.39, 0.29) is 9.26 Å². The van der Waals surface area contributed by atoms with Crippen LogP contribution in [0.2, 0.25) is 0 Å². The summed E-state index contributed by atoms with van der Waals surface area (Å²) in [7, 11) is 0. The third-order valence-corrected chi connectivity index (χ3v) is 2.69. The summed E-state index contributed by atoms with van der Waals surface area (Å²) in [4.78, 5) is 14.0. The third-order valence-electron chi connectivity index (χ3n) is 1.76. The smallest absolute Gasteiger partial charge is 0.481 e. The van der Waals surface area contributed by atoms with E-state index in [1.165, 1.54) is 0 Å². The molecule has 100 valence electrons. The highest BCUT2D eigenvalue weighted by molar-refractivity contribution is 14.1. The standard InChI is InChI=1S/C9H6F4INO3/c10-3-6-7(18-9(11,12)13)1-4(14)5(15-6)2-8(16)17/h1H,2-3H2,(H,16,17). The molecule has 0 saturated heterocycles. The molecule has 0 aliphatic carbocycles. The van der Waals surface area contributed by atoms with Crippen LogP contribution in [-0.2, 0) is 17.9 Å². The zero-order valence-electron chi connectivity index (χ0n) is 8.59. The SMILES string of the molecule is O=C(O)Cc1nc(CF)c(OC(F)(F)F)cc1I. The fourth-order valence-electron chi connectivity index (χ4n) is 1.13. The minimum atomic E-state index is -4.96. The van der Waals surface area contributed by atoms with Gasteiger partial charge in [-0.2, -0.15) is 0 Å². The lowest BCUT2D eigenvalue weighted by atomic mass is 10.2. The highest BCUT2D eigenvalue weighted by atomic mass is 127. The van der Waals surface area contributed by atoms with Crippen molar-refractivity contribution in [3.8, 4) is 5.75 Å². The van der Waals surface area contributed by atoms with Crippen LogP contribution in [0.3, 0.4) is 0 Å². The van der Waals surface area contributed by atoms with E-state index in [2.05, 4.69) is 9.72 Å². The second-order valence-electron chi connectivity index (χ2n) is 3.11. The molecule has 1 heterocycles. The number of halogens is 5. The molecule has 0 radical (unpaired) electrons. The van der Waals surface area contributed by atoms with Crippen LogP contribution in [0.15, 0.2) is 6.07 Å². The Morgan fingerprint density at radius 1 is 1.44 bits per heavy atom. The van der Waals surface area contributed by atoms with Gasteiger partial charge < -0.3 is 9.84 Å². The summed E-state index contributed by atoms with van der Waals surface area (Å²) in [6.07, 6.45) is -5.46. The number of ether oxygens (including phenoxy) is 1. The summed E-state index contributed by atoms with van der Waals surface area (Å²) >= 11 is 1.61. The topological polar surface area (TPSA) is 59.4 Å². The van der Waals surface area contributed by atoms with Gasteiger partial charge in [0.2, 0.25) is 0 Å². The average molecular weight is 379 g/mol. The van der Waals surface area contributed by atoms with Crippen molar-refractivity contribution in [3.05, 3.63) is 21.0 Å². The summed E-state index contributed by atoms with van der Waals surface area (Å²) < 4.78 is 52.4. The highest BCUT2D eigenvalue weighted by Gasteiger charge is 2.33. The number of carboxylic acid groups (broad SMARTS) is 1. The Morgan fingerprint density at radius 3 is 2.50 bits per heavy atom. The second-order valence-corrected chi connectivity index (χ2v) is 4.28. The normalized spacial score (nSPS) is 11.4. The number of alkyl halides is 4. The van der Waals surface area contributed by atoms with Gasteiger partial charge in [-0.3, -0.25) is 4.79 Å². The van der Waals surface area contributed by atoms with Crippen molar-refractivity contribution in [3.63, 3.8) is 0 Å². The Labute approximate surface area is 112 Å². The van der Waals surface area contributed by atoms with Crippen molar-refractivity contribution < 1.29 is 32.2 Å². The Hall–Kier alpha value is -1.13. The van der Waals surface area contributed by atoms with E-state index in [1.807, 2.05) is 0 Å². The summed E-state index contributed by atoms with van der Waals surface area (Å²) in [6.45, 7) is -1.28. The summed E-state index contributed by atoms with van der Waals surface area (Å²) in [5.74, 6) is -1.97. The first-order valence-corrected chi connectivity index (χ1v) is 5.52. The number of aromatic nitrogens is 1. The van der Waals surface area contributed by atoms with E-state index in [1.54, 1.807) is 22.6 Å². The maximum absolute atomic E-state index is 12.6. The maximum Gasteiger partial charge on any atom is 0.573 e. The van der Waals surface area contributed by atoms with Crippen LogP contribution in [0.25, 0.3) is 0 Å². The van der Waals surface area contributed by atoms with Crippen molar-refractivity contribution in [2.75, 3.05) is 0 Å². The van der Waals surface area contributed by atoms with Gasteiger partial charge >= 0.3 is 12.3 Å². The Morgan fingerprint density at radius 2 is 2.06 bits per heavy atom. The van der Waals surface area contributed by atoms with Crippen LogP contribution in [0.1, 0.15) is 11.4 Å². The lowest BCUT2D eigenvalue weighted by Gasteiger charge is -2.13. The Balaban J connectivity index is 3.14. The first-order chi connectivity index (χ1) is 8.23. The Bertz CT molecular complexity index is 464. The largest absolute Gasteiger partial charge is 0.573 e. The minimum absolute atomic E-state index is 0.00901. The summed E-state index contributed by atoms with van der Waals surface area (Å²) in [5.41, 5.74) is -0.589. The molecule has 0 unspecified atom stereocenters. The number of rotatable bonds is 4. The van der Waals surface area contributed by atoms with E-state index in [4.69, 9.17) is 5.11 Å². The fraction of sp³-hybridized carbons (Fsp3) is 0.333. The first-order valence-electron chi connectivity index (χ1n) is 4.44. The number of carbonyl (C=O) groups is 1. The zero-order chi connectivity index (χ0) is 13.9. The molecule has 1 rings (SSSR count). The third kappa shape index (κ3) is 4.27. The van der Waals surface area contributed by atoms with Gasteiger partial charge in [-0.15, -0.1) is 13.2 Å². The van der Waals surface area contributed by atoms with Crippen molar-refractivity contribution in [1.82, 2.24) is 4.98 Å². The highest BCUT2D eigenvalue weighted by Crippen LogP contribution is 2.29. The molecule has 0 aliphatic rings. The Kier molecular flexibility index (Phi) is 4.71. The summed E-state index contributed by atoms with van der Waals surface area (Å²) in [6, 6.07) is 0.911. The lowest BCUT2D eigenvalue weighted by molar-refractivity contribution is -0.275. The van der Waals surface area contributed by atoms with Gasteiger partial charge in [-0.05, 0) is 28.7 Å². The molecule has 1 aromatic heterocycles. The molecule has 0 amide bonds. The molecular formula is C9H6F4INO3. The van der Waals surface area contributed by atoms with Crippen molar-refractivity contribution >= 4 is 28.6 Å². The molecule has 1 N–H and O–H groups in total. The van der Waals surface area contributed by atoms with Gasteiger partial charge in [-0.25, -0.2) is 9.37 Å². The lowest BCUT2D eigenvalue weighted by Crippen LogP contribution is -2.19. The van der Waals surface area contributed by atoms with Crippen LogP contribution >= 0.6 is 22.6 Å². The van der Waals surface area contributed by atoms with Gasteiger partial charge in [0, 0.05) is 3.57 Å². The van der Waals surface area contributed by atoms with Gasteiger partial charge in [-0.1, -0.05) is 0 Å². The van der Waals surface area contributed by atoms with Crippen LogP contribution in [0, 0.1) is 3.57 Å². The molecule has 0 bridgehead atoms. The number of carboxylic acids is 1. The summed E-state index contributed by atoms with van der Waals surface area (Å²) in [5, 5.41) is 8.56. The van der Waals surface area contributed by atoms with Crippen LogP contribution in [0.5, 0.6) is 5.75 Å². The van der Waals surface area contributed by atoms with E-state index in [9.17, 15) is 22.4 Å². The predicted molar refractivity (Wildman–Crippen MR) is 59.8 cm³/mol. The molecule has 0 atom stereocenters. The fourth-order valence-corrected chi connectivity index (χ4v) is 1.72. The first kappa shape index (κ1) is 14.9. The molecule has 0 saturated carbocycles. The molecule has 0 spiro atoms. The molecule has 0 aliphatic heterocycles. The van der Waals surface area contributed by atoms with E-state index in [0.29, 0.717) is 0 Å². The molecular weight excluding hydrogens is 373 g/mol. The number of hydrogen-bond donors (Lipinski definition) is 1. The molecule has 18 heavy (non-hydrogen) atoms. The minimum Gasteiger partial charge on any atom is -0.481 e. The maximum atomic E-state index is 12.6. The van der Waals surface area contributed by atoms with Gasteiger partial charge in [0.1, 0.15) is 12.4 Å². The molecule has 9 heteroatoms. The van der Waals surface area contributed by atoms with Crippen LogP contribution in [0.4, 0.5) is 17.6 Å². The van der Waals surface area contributed by atoms with Crippen LogP contribution in [-0.4, -0.2) is 22.4 Å². The van der Waals surface area contributed by atoms with E-state index < -0.39 is 36.9 Å². The van der Waals surface area contributed by atoms with Gasteiger partial charge in [0.05, 0.1) is 12.1 Å². The van der Waals surface area contributed by atoms with Crippen molar-refractivity contribution in [1.29, 1.82) is 0 Å². The second kappa shape index (κ2) is 5.67. The molecule has 4 nitrogen and oxygen atoms in total. The average Bonchev–Trinajstić information content (AvgIpc) is 2.19. The molecule has 1 aromatic rings. The number of aliphatic carboxylic acids is 1. The van der Waals surface area contributed by atoms with Crippen LogP contribution < -0.4 is 4.74 Å². The zero-order valence-corrected chi connectivity index (χ0v) is 10.7. The van der Waals surface area contributed by atoms with E-state index >= 15 is 0 Å². The molecule has 0 fully saturated rings. The number of pyridine rings is 1. The van der Waals surface area contributed by atoms with E-state index in [0.717, 1.165) is 6.07 Å².